The van der Waals surface area contributed by atoms with Crippen molar-refractivity contribution in [2.75, 3.05) is 6.61 Å². The molecule has 2 N–H and O–H groups in total. The van der Waals surface area contributed by atoms with Crippen LogP contribution < -0.4 is 10.5 Å². The van der Waals surface area contributed by atoms with Crippen LogP contribution in [0.4, 0.5) is 0 Å². The van der Waals surface area contributed by atoms with Crippen LogP contribution in [0, 0.1) is 0 Å². The van der Waals surface area contributed by atoms with Gasteiger partial charge in [-0.15, -0.1) is 0 Å². The number of ether oxygens (including phenoxy) is 1. The largest absolute Gasteiger partial charge is 0.494 e. The fraction of sp³-hybridized carbons (Fsp3) is 0.500. The monoisotopic (exact) mass is 287 g/mol. The number of hydrogen-bond acceptors (Lipinski definition) is 5. The number of hydrogen-bond donors (Lipinski definition) is 1. The standard InChI is InChI=1S/C16H21N3O2/c1-2-20-13-7-5-6-12(10-13)15-18-14(21-19-15)11-16(17)8-3-4-9-16/h5-7,10H,2-4,8-9,11,17H2,1H3. The first-order valence-electron chi connectivity index (χ1n) is 7.53. The molecular formula is C16H21N3O2. The quantitative estimate of drug-likeness (QED) is 0.915. The maximum Gasteiger partial charge on any atom is 0.228 e. The molecule has 0 atom stereocenters. The highest BCUT2D eigenvalue weighted by atomic mass is 16.5. The number of nitrogens with zero attached hydrogens (tertiary/aromatic N) is 2. The molecule has 1 saturated carbocycles. The van der Waals surface area contributed by atoms with E-state index in [9.17, 15) is 0 Å². The van der Waals surface area contributed by atoms with Crippen LogP contribution in [-0.4, -0.2) is 22.3 Å². The normalized spacial score (nSPS) is 17.0. The van der Waals surface area contributed by atoms with Crippen molar-refractivity contribution in [2.45, 2.75) is 44.6 Å². The molecule has 1 aliphatic rings. The van der Waals surface area contributed by atoms with E-state index in [1.807, 2.05) is 31.2 Å². The molecule has 2 aromatic rings. The van der Waals surface area contributed by atoms with Crippen LogP contribution >= 0.6 is 0 Å². The molecule has 5 nitrogen and oxygen atoms in total. The molecule has 1 heterocycles. The lowest BCUT2D eigenvalue weighted by Crippen LogP contribution is -2.38. The van der Waals surface area contributed by atoms with Gasteiger partial charge in [0.25, 0.3) is 0 Å². The fourth-order valence-corrected chi connectivity index (χ4v) is 2.89. The summed E-state index contributed by atoms with van der Waals surface area (Å²) in [5.74, 6) is 2.02. The third kappa shape index (κ3) is 3.24. The van der Waals surface area contributed by atoms with Gasteiger partial charge in [0.2, 0.25) is 11.7 Å². The van der Waals surface area contributed by atoms with E-state index in [-0.39, 0.29) is 5.54 Å². The van der Waals surface area contributed by atoms with Gasteiger partial charge < -0.3 is 15.0 Å². The van der Waals surface area contributed by atoms with Gasteiger partial charge in [-0.05, 0) is 31.9 Å². The second kappa shape index (κ2) is 5.85. The number of aromatic nitrogens is 2. The van der Waals surface area contributed by atoms with Crippen molar-refractivity contribution in [3.05, 3.63) is 30.2 Å². The second-order valence-electron chi connectivity index (χ2n) is 5.72. The SMILES string of the molecule is CCOc1cccc(-c2noc(CC3(N)CCCC3)n2)c1. The third-order valence-electron chi connectivity index (χ3n) is 3.97. The molecule has 0 aliphatic heterocycles. The molecule has 1 aromatic carbocycles. The van der Waals surface area contributed by atoms with Crippen LogP contribution in [0.3, 0.4) is 0 Å². The van der Waals surface area contributed by atoms with Crippen molar-refractivity contribution in [1.29, 1.82) is 0 Å². The Morgan fingerprint density at radius 3 is 2.90 bits per heavy atom. The lowest BCUT2D eigenvalue weighted by Gasteiger charge is -2.20. The minimum atomic E-state index is -0.170. The third-order valence-corrected chi connectivity index (χ3v) is 3.97. The molecule has 112 valence electrons. The molecule has 0 saturated heterocycles. The van der Waals surface area contributed by atoms with E-state index in [0.29, 0.717) is 24.7 Å². The van der Waals surface area contributed by atoms with Crippen LogP contribution in [0.15, 0.2) is 28.8 Å². The Balaban J connectivity index is 1.76. The summed E-state index contributed by atoms with van der Waals surface area (Å²) < 4.78 is 10.9. The van der Waals surface area contributed by atoms with E-state index < -0.39 is 0 Å². The van der Waals surface area contributed by atoms with Gasteiger partial charge in [0, 0.05) is 17.5 Å². The fourth-order valence-electron chi connectivity index (χ4n) is 2.89. The van der Waals surface area contributed by atoms with Gasteiger partial charge in [0.15, 0.2) is 0 Å². The van der Waals surface area contributed by atoms with Crippen molar-refractivity contribution < 1.29 is 9.26 Å². The molecule has 0 amide bonds. The zero-order chi connectivity index (χ0) is 14.7. The van der Waals surface area contributed by atoms with Crippen molar-refractivity contribution in [2.24, 2.45) is 5.73 Å². The summed E-state index contributed by atoms with van der Waals surface area (Å²) >= 11 is 0. The summed E-state index contributed by atoms with van der Waals surface area (Å²) in [6.45, 7) is 2.60. The Labute approximate surface area is 124 Å². The smallest absolute Gasteiger partial charge is 0.228 e. The van der Waals surface area contributed by atoms with Crippen LogP contribution in [0.25, 0.3) is 11.4 Å². The van der Waals surface area contributed by atoms with E-state index in [0.717, 1.165) is 24.2 Å². The van der Waals surface area contributed by atoms with Crippen LogP contribution in [0.2, 0.25) is 0 Å². The summed E-state index contributed by atoms with van der Waals surface area (Å²) in [7, 11) is 0. The van der Waals surface area contributed by atoms with Gasteiger partial charge in [-0.1, -0.05) is 30.1 Å². The maximum atomic E-state index is 6.35. The van der Waals surface area contributed by atoms with Crippen LogP contribution in [-0.2, 0) is 6.42 Å². The summed E-state index contributed by atoms with van der Waals surface area (Å²) in [4.78, 5) is 4.48. The lowest BCUT2D eigenvalue weighted by atomic mass is 9.95. The van der Waals surface area contributed by atoms with Gasteiger partial charge in [-0.2, -0.15) is 4.98 Å². The van der Waals surface area contributed by atoms with Crippen molar-refractivity contribution in [1.82, 2.24) is 10.1 Å². The number of rotatable bonds is 5. The molecule has 1 aliphatic carbocycles. The van der Waals surface area contributed by atoms with Gasteiger partial charge in [-0.25, -0.2) is 0 Å². The molecule has 3 rings (SSSR count). The molecule has 5 heteroatoms. The minimum absolute atomic E-state index is 0.170. The van der Waals surface area contributed by atoms with E-state index >= 15 is 0 Å². The molecule has 0 bridgehead atoms. The van der Waals surface area contributed by atoms with Gasteiger partial charge in [0.1, 0.15) is 5.75 Å². The van der Waals surface area contributed by atoms with Crippen molar-refractivity contribution in [3.63, 3.8) is 0 Å². The predicted molar refractivity (Wildman–Crippen MR) is 80.0 cm³/mol. The van der Waals surface area contributed by atoms with Crippen molar-refractivity contribution >= 4 is 0 Å². The molecule has 0 radical (unpaired) electrons. The molecule has 1 aromatic heterocycles. The van der Waals surface area contributed by atoms with Crippen LogP contribution in [0.5, 0.6) is 5.75 Å². The number of nitrogens with two attached hydrogens (primary N) is 1. The Hall–Kier alpha value is -1.88. The molecule has 21 heavy (non-hydrogen) atoms. The highest BCUT2D eigenvalue weighted by Gasteiger charge is 2.31. The maximum absolute atomic E-state index is 6.35. The lowest BCUT2D eigenvalue weighted by molar-refractivity contribution is 0.329. The second-order valence-corrected chi connectivity index (χ2v) is 5.72. The summed E-state index contributed by atoms with van der Waals surface area (Å²) in [5.41, 5.74) is 7.08. The number of benzene rings is 1. The first kappa shape index (κ1) is 14.1. The van der Waals surface area contributed by atoms with Crippen molar-refractivity contribution in [3.8, 4) is 17.1 Å². The van der Waals surface area contributed by atoms with E-state index in [1.165, 1.54) is 12.8 Å². The predicted octanol–water partition coefficient (Wildman–Crippen LogP) is 2.95. The highest BCUT2D eigenvalue weighted by molar-refractivity contribution is 5.56. The summed E-state index contributed by atoms with van der Waals surface area (Å²) in [6, 6.07) is 7.72. The summed E-state index contributed by atoms with van der Waals surface area (Å²) in [5, 5.41) is 4.06. The van der Waals surface area contributed by atoms with E-state index in [4.69, 9.17) is 15.0 Å². The Morgan fingerprint density at radius 1 is 1.33 bits per heavy atom. The van der Waals surface area contributed by atoms with E-state index in [1.54, 1.807) is 0 Å². The topological polar surface area (TPSA) is 74.2 Å². The average molecular weight is 287 g/mol. The molecule has 1 fully saturated rings. The molecular weight excluding hydrogens is 266 g/mol. The first-order valence-corrected chi connectivity index (χ1v) is 7.53. The van der Waals surface area contributed by atoms with Gasteiger partial charge in [0.05, 0.1) is 6.61 Å². The zero-order valence-corrected chi connectivity index (χ0v) is 12.3. The minimum Gasteiger partial charge on any atom is -0.494 e. The molecule has 0 unspecified atom stereocenters. The Kier molecular flexibility index (Phi) is 3.92. The molecule has 0 spiro atoms. The zero-order valence-electron chi connectivity index (χ0n) is 12.3. The first-order chi connectivity index (χ1) is 10.2. The van der Waals surface area contributed by atoms with Gasteiger partial charge in [-0.3, -0.25) is 0 Å². The Morgan fingerprint density at radius 2 is 2.14 bits per heavy atom. The average Bonchev–Trinajstić information content (AvgIpc) is 3.09. The van der Waals surface area contributed by atoms with Crippen LogP contribution in [0.1, 0.15) is 38.5 Å². The Bertz CT molecular complexity index is 603. The highest BCUT2D eigenvalue weighted by Crippen LogP contribution is 2.30. The van der Waals surface area contributed by atoms with Gasteiger partial charge >= 0.3 is 0 Å². The summed E-state index contributed by atoms with van der Waals surface area (Å²) in [6.07, 6.45) is 5.10. The van der Waals surface area contributed by atoms with E-state index in [2.05, 4.69) is 10.1 Å².